The second-order valence-electron chi connectivity index (χ2n) is 15.2. The number of hydrogen-bond donors (Lipinski definition) is 2. The van der Waals surface area contributed by atoms with Crippen LogP contribution in [0.3, 0.4) is 0 Å². The van der Waals surface area contributed by atoms with Crippen molar-refractivity contribution in [1.82, 2.24) is 0 Å². The van der Waals surface area contributed by atoms with Crippen molar-refractivity contribution in [2.75, 3.05) is 0 Å². The molecule has 0 aliphatic rings. The predicted octanol–water partition coefficient (Wildman–Crippen LogP) is 11.6. The molecule has 62 heavy (non-hydrogen) atoms. The normalized spacial score (nSPS) is 12.2. The number of nitrogens with two attached hydrogens (primary N) is 2. The van der Waals surface area contributed by atoms with Gasteiger partial charge in [0, 0.05) is 12.1 Å². The van der Waals surface area contributed by atoms with Gasteiger partial charge in [-0.2, -0.15) is 0 Å². The van der Waals surface area contributed by atoms with Gasteiger partial charge in [-0.1, -0.05) is 255 Å². The van der Waals surface area contributed by atoms with Crippen molar-refractivity contribution in [3.63, 3.8) is 0 Å². The van der Waals surface area contributed by atoms with Crippen LogP contribution in [-0.2, 0) is 0 Å². The first-order valence-electron chi connectivity index (χ1n) is 21.1. The van der Waals surface area contributed by atoms with Crippen molar-refractivity contribution in [2.45, 2.75) is 12.1 Å². The lowest BCUT2D eigenvalue weighted by Gasteiger charge is -2.28. The van der Waals surface area contributed by atoms with Gasteiger partial charge in [0.15, 0.2) is 0 Å². The Balaban J connectivity index is 0.000000258. The molecule has 0 saturated heterocycles. The van der Waals surface area contributed by atoms with Crippen LogP contribution in [0.25, 0.3) is 32.7 Å². The van der Waals surface area contributed by atoms with E-state index >= 15 is 0 Å². The summed E-state index contributed by atoms with van der Waals surface area (Å²) in [5, 5.41) is 13.3. The molecule has 0 aromatic heterocycles. The lowest BCUT2D eigenvalue weighted by atomic mass is 9.93. The summed E-state index contributed by atoms with van der Waals surface area (Å²) in [5.74, 6) is 0. The molecule has 0 amide bonds. The maximum Gasteiger partial charge on any atom is 0.0491 e. The second kappa shape index (κ2) is 19.5. The van der Waals surface area contributed by atoms with Gasteiger partial charge in [-0.15, -0.1) is 0 Å². The van der Waals surface area contributed by atoms with Crippen molar-refractivity contribution >= 4 is 69.2 Å². The third kappa shape index (κ3) is 8.79. The van der Waals surface area contributed by atoms with E-state index in [1.54, 1.807) is 0 Å². The molecule has 0 radical (unpaired) electrons. The lowest BCUT2D eigenvalue weighted by molar-refractivity contribution is 0.574. The highest BCUT2D eigenvalue weighted by Gasteiger charge is 2.28. The van der Waals surface area contributed by atoms with Gasteiger partial charge in [-0.25, -0.2) is 0 Å². The van der Waals surface area contributed by atoms with Gasteiger partial charge < -0.3 is 11.5 Å². The summed E-state index contributed by atoms with van der Waals surface area (Å²) in [4.78, 5) is 0. The summed E-state index contributed by atoms with van der Waals surface area (Å²) in [5.41, 5.74) is 17.1. The SMILES string of the molecule is N[C@@H](c1ccccc1)[C@@H](N)c1ccccc1.c1ccc(P(c2ccccc2)c2ccc3ccccc3c2-c2c(P(c3ccccc3)c3ccccc3)ccc3ccccc23)cc1. The zero-order chi connectivity index (χ0) is 42.1. The molecule has 10 aromatic rings. The lowest BCUT2D eigenvalue weighted by Crippen LogP contribution is -2.26. The molecule has 4 heteroatoms. The molecule has 4 N–H and O–H groups in total. The molecule has 300 valence electrons. The van der Waals surface area contributed by atoms with Crippen molar-refractivity contribution in [3.05, 3.63) is 266 Å². The van der Waals surface area contributed by atoms with E-state index in [-0.39, 0.29) is 12.1 Å². The Morgan fingerprint density at radius 2 is 0.516 bits per heavy atom. The van der Waals surface area contributed by atoms with E-state index in [4.69, 9.17) is 11.5 Å². The van der Waals surface area contributed by atoms with Crippen LogP contribution >= 0.6 is 15.8 Å². The van der Waals surface area contributed by atoms with Crippen LogP contribution in [0.15, 0.2) is 255 Å². The van der Waals surface area contributed by atoms with Gasteiger partial charge in [0.2, 0.25) is 0 Å². The minimum absolute atomic E-state index is 0.163. The average Bonchev–Trinajstić information content (AvgIpc) is 3.36. The van der Waals surface area contributed by atoms with E-state index in [2.05, 4.69) is 194 Å². The molecule has 0 aliphatic carbocycles. The van der Waals surface area contributed by atoms with Crippen LogP contribution in [0.1, 0.15) is 23.2 Å². The van der Waals surface area contributed by atoms with Crippen LogP contribution in [0.5, 0.6) is 0 Å². The van der Waals surface area contributed by atoms with E-state index in [9.17, 15) is 0 Å². The summed E-state index contributed by atoms with van der Waals surface area (Å²) in [6, 6.07) is 91.4. The Kier molecular flexibility index (Phi) is 12.8. The van der Waals surface area contributed by atoms with Crippen LogP contribution in [0, 0.1) is 0 Å². The Morgan fingerprint density at radius 3 is 0.823 bits per heavy atom. The standard InChI is InChI=1S/C44H32P2.C14H16N2/c1-5-19-35(20-6-1)45(36-21-7-2-8-22-36)41-31-29-33-17-13-15-27-39(33)43(41)44-40-28-16-14-18-34(40)30-32-42(44)46(37-23-9-3-10-24-37)38-25-11-4-12-26-38;15-13(11-7-3-1-4-8-11)14(16)12-9-5-2-6-10-12/h1-32H;1-10,13-14H,15-16H2/t;13-,14-/m.0/s1. The first kappa shape index (κ1) is 40.9. The van der Waals surface area contributed by atoms with Crippen LogP contribution < -0.4 is 43.3 Å². The van der Waals surface area contributed by atoms with E-state index in [1.165, 1.54) is 64.5 Å². The molecule has 2 nitrogen and oxygen atoms in total. The van der Waals surface area contributed by atoms with Crippen LogP contribution in [0.2, 0.25) is 0 Å². The average molecular weight is 835 g/mol. The smallest absolute Gasteiger partial charge is 0.0491 e. The van der Waals surface area contributed by atoms with Crippen molar-refractivity contribution < 1.29 is 0 Å². The highest BCUT2D eigenvalue weighted by molar-refractivity contribution is 7.80. The van der Waals surface area contributed by atoms with Gasteiger partial charge >= 0.3 is 0 Å². The van der Waals surface area contributed by atoms with Crippen LogP contribution in [0.4, 0.5) is 0 Å². The molecule has 0 bridgehead atoms. The molecule has 10 rings (SSSR count). The number of hydrogen-bond acceptors (Lipinski definition) is 2. The quantitative estimate of drug-likeness (QED) is 0.135. The van der Waals surface area contributed by atoms with Crippen LogP contribution in [-0.4, -0.2) is 0 Å². The van der Waals surface area contributed by atoms with E-state index in [0.29, 0.717) is 0 Å². The number of rotatable bonds is 10. The Bertz CT molecular complexity index is 2700. The molecule has 0 fully saturated rings. The van der Waals surface area contributed by atoms with E-state index in [0.717, 1.165) is 11.1 Å². The first-order valence-corrected chi connectivity index (χ1v) is 23.8. The topological polar surface area (TPSA) is 52.0 Å². The molecule has 0 spiro atoms. The third-order valence-electron chi connectivity index (χ3n) is 11.4. The molecular formula is C58H48N2P2. The maximum atomic E-state index is 6.15. The van der Waals surface area contributed by atoms with E-state index < -0.39 is 15.8 Å². The van der Waals surface area contributed by atoms with E-state index in [1.807, 2.05) is 60.7 Å². The highest BCUT2D eigenvalue weighted by Crippen LogP contribution is 2.45. The second-order valence-corrected chi connectivity index (χ2v) is 19.6. The van der Waals surface area contributed by atoms with Crippen molar-refractivity contribution in [2.24, 2.45) is 11.5 Å². The fraction of sp³-hybridized carbons (Fsp3) is 0.0345. The summed E-state index contributed by atoms with van der Waals surface area (Å²) in [7, 11) is -1.70. The third-order valence-corrected chi connectivity index (χ3v) is 16.3. The number of fused-ring (bicyclic) bond motifs is 2. The van der Waals surface area contributed by atoms with Gasteiger partial charge in [-0.3, -0.25) is 0 Å². The molecule has 0 aliphatic heterocycles. The monoisotopic (exact) mass is 834 g/mol. The Labute approximate surface area is 368 Å². The van der Waals surface area contributed by atoms with Gasteiger partial charge in [0.25, 0.3) is 0 Å². The van der Waals surface area contributed by atoms with Crippen molar-refractivity contribution in [1.29, 1.82) is 0 Å². The Morgan fingerprint density at radius 1 is 0.258 bits per heavy atom. The maximum absolute atomic E-state index is 6.15. The van der Waals surface area contributed by atoms with Crippen molar-refractivity contribution in [3.8, 4) is 11.1 Å². The molecular weight excluding hydrogens is 787 g/mol. The number of benzene rings is 10. The van der Waals surface area contributed by atoms with Gasteiger partial charge in [0.1, 0.15) is 0 Å². The molecule has 2 atom stereocenters. The summed E-state index contributed by atoms with van der Waals surface area (Å²) in [6.07, 6.45) is 0. The minimum atomic E-state index is -0.852. The predicted molar refractivity (Wildman–Crippen MR) is 271 cm³/mol. The Hall–Kier alpha value is -6.50. The summed E-state index contributed by atoms with van der Waals surface area (Å²) < 4.78 is 0. The van der Waals surface area contributed by atoms with Gasteiger partial charge in [0.05, 0.1) is 0 Å². The molecule has 0 saturated carbocycles. The van der Waals surface area contributed by atoms with Gasteiger partial charge in [-0.05, 0) is 91.5 Å². The minimum Gasteiger partial charge on any atom is -0.322 e. The first-order chi connectivity index (χ1) is 30.7. The summed E-state index contributed by atoms with van der Waals surface area (Å²) in [6.45, 7) is 0. The molecule has 0 unspecified atom stereocenters. The zero-order valence-corrected chi connectivity index (χ0v) is 36.2. The highest BCUT2D eigenvalue weighted by atomic mass is 31.1. The largest absolute Gasteiger partial charge is 0.322 e. The fourth-order valence-corrected chi connectivity index (χ4v) is 13.3. The summed E-state index contributed by atoms with van der Waals surface area (Å²) >= 11 is 0. The fourth-order valence-electron chi connectivity index (χ4n) is 8.35. The zero-order valence-electron chi connectivity index (χ0n) is 34.5. The molecule has 0 heterocycles. The molecule has 10 aromatic carbocycles.